The van der Waals surface area contributed by atoms with Crippen LogP contribution in [-0.2, 0) is 25.5 Å². The second kappa shape index (κ2) is 6.32. The van der Waals surface area contributed by atoms with Crippen molar-refractivity contribution in [2.24, 2.45) is 0 Å². The number of fused-ring (bicyclic) bond motifs is 1. The van der Waals surface area contributed by atoms with Crippen LogP contribution in [0.4, 0.5) is 0 Å². The van der Waals surface area contributed by atoms with Crippen LogP contribution in [-0.4, -0.2) is 41.1 Å². The van der Waals surface area contributed by atoms with E-state index < -0.39 is 30.4 Å². The molecular weight excluding hydrogens is 298 g/mol. The third kappa shape index (κ3) is 3.16. The Bertz CT molecular complexity index is 681. The average Bonchev–Trinajstić information content (AvgIpc) is 2.54. The molecule has 0 unspecified atom stereocenters. The van der Waals surface area contributed by atoms with Gasteiger partial charge in [-0.3, -0.25) is 24.1 Å². The summed E-state index contributed by atoms with van der Waals surface area (Å²) in [5.41, 5.74) is 1.09. The summed E-state index contributed by atoms with van der Waals surface area (Å²) in [7, 11) is 0. The molecule has 1 atom stereocenters. The summed E-state index contributed by atoms with van der Waals surface area (Å²) in [6.45, 7) is -0.449. The molecule has 1 aliphatic heterocycles. The standard InChI is InChI=1S/C17H17NO5/c19-13-7-3-4-8-14(13)23-16(21)10-18-15(20)9-11-5-1-2-6-12(11)17(18)22/h1-2,5-6,14H,3-4,7-10H2/t14-/m0/s1. The van der Waals surface area contributed by atoms with Crippen LogP contribution in [0.25, 0.3) is 0 Å². The Morgan fingerprint density at radius 3 is 2.74 bits per heavy atom. The van der Waals surface area contributed by atoms with E-state index >= 15 is 0 Å². The van der Waals surface area contributed by atoms with Gasteiger partial charge >= 0.3 is 5.97 Å². The minimum absolute atomic E-state index is 0.0809. The van der Waals surface area contributed by atoms with Crippen LogP contribution < -0.4 is 0 Å². The lowest BCUT2D eigenvalue weighted by atomic mass is 9.96. The molecule has 1 aromatic carbocycles. The van der Waals surface area contributed by atoms with Crippen molar-refractivity contribution < 1.29 is 23.9 Å². The van der Waals surface area contributed by atoms with E-state index in [1.54, 1.807) is 24.3 Å². The average molecular weight is 315 g/mol. The van der Waals surface area contributed by atoms with Gasteiger partial charge in [-0.15, -0.1) is 0 Å². The van der Waals surface area contributed by atoms with E-state index in [4.69, 9.17) is 4.74 Å². The minimum Gasteiger partial charge on any atom is -0.453 e. The van der Waals surface area contributed by atoms with Crippen LogP contribution in [0.15, 0.2) is 24.3 Å². The zero-order valence-electron chi connectivity index (χ0n) is 12.6. The van der Waals surface area contributed by atoms with Crippen molar-refractivity contribution in [3.63, 3.8) is 0 Å². The molecule has 6 nitrogen and oxygen atoms in total. The van der Waals surface area contributed by atoms with Crippen molar-refractivity contribution in [1.82, 2.24) is 4.90 Å². The van der Waals surface area contributed by atoms with Crippen LogP contribution >= 0.6 is 0 Å². The molecule has 1 saturated carbocycles. The lowest BCUT2D eigenvalue weighted by Crippen LogP contribution is -2.46. The van der Waals surface area contributed by atoms with Gasteiger partial charge in [-0.2, -0.15) is 0 Å². The number of amides is 2. The van der Waals surface area contributed by atoms with Gasteiger partial charge in [0, 0.05) is 12.0 Å². The highest BCUT2D eigenvalue weighted by molar-refractivity contribution is 6.11. The third-order valence-electron chi connectivity index (χ3n) is 4.20. The van der Waals surface area contributed by atoms with Crippen LogP contribution in [0.5, 0.6) is 0 Å². The lowest BCUT2D eigenvalue weighted by Gasteiger charge is -2.27. The fraction of sp³-hybridized carbons (Fsp3) is 0.412. The van der Waals surface area contributed by atoms with Crippen LogP contribution in [0, 0.1) is 0 Å². The number of esters is 1. The molecule has 1 aromatic rings. The first-order valence-electron chi connectivity index (χ1n) is 7.71. The summed E-state index contributed by atoms with van der Waals surface area (Å²) in [5, 5.41) is 0. The van der Waals surface area contributed by atoms with E-state index in [0.717, 1.165) is 17.7 Å². The summed E-state index contributed by atoms with van der Waals surface area (Å²) < 4.78 is 5.16. The Kier molecular flexibility index (Phi) is 4.23. The van der Waals surface area contributed by atoms with E-state index in [1.165, 1.54) is 0 Å². The molecule has 1 aliphatic carbocycles. The highest BCUT2D eigenvalue weighted by atomic mass is 16.5. The number of ether oxygens (including phenoxy) is 1. The number of imide groups is 1. The molecule has 120 valence electrons. The van der Waals surface area contributed by atoms with Crippen molar-refractivity contribution in [3.8, 4) is 0 Å². The number of Topliss-reactive ketones (excluding diaryl/α,β-unsaturated/α-hetero) is 1. The van der Waals surface area contributed by atoms with Crippen molar-refractivity contribution in [1.29, 1.82) is 0 Å². The fourth-order valence-corrected chi connectivity index (χ4v) is 2.96. The number of carbonyl (C=O) groups excluding carboxylic acids is 4. The molecule has 2 amide bonds. The molecule has 0 spiro atoms. The van der Waals surface area contributed by atoms with Crippen molar-refractivity contribution in [2.45, 2.75) is 38.2 Å². The van der Waals surface area contributed by atoms with Crippen LogP contribution in [0.3, 0.4) is 0 Å². The maximum absolute atomic E-state index is 12.3. The fourth-order valence-electron chi connectivity index (χ4n) is 2.96. The van der Waals surface area contributed by atoms with E-state index in [-0.39, 0.29) is 12.2 Å². The molecule has 0 aromatic heterocycles. The van der Waals surface area contributed by atoms with Gasteiger partial charge in [-0.1, -0.05) is 18.2 Å². The summed E-state index contributed by atoms with van der Waals surface area (Å²) >= 11 is 0. The molecule has 23 heavy (non-hydrogen) atoms. The number of nitrogens with zero attached hydrogens (tertiary/aromatic N) is 1. The van der Waals surface area contributed by atoms with Crippen molar-refractivity contribution in [2.75, 3.05) is 6.54 Å². The Morgan fingerprint density at radius 2 is 1.96 bits per heavy atom. The van der Waals surface area contributed by atoms with Gasteiger partial charge in [0.2, 0.25) is 5.91 Å². The number of carbonyl (C=O) groups is 4. The number of rotatable bonds is 3. The summed E-state index contributed by atoms with van der Waals surface area (Å²) in [6.07, 6.45) is 1.91. The molecule has 1 fully saturated rings. The number of benzene rings is 1. The minimum atomic E-state index is -0.737. The van der Waals surface area contributed by atoms with Crippen LogP contribution in [0.1, 0.15) is 41.6 Å². The monoisotopic (exact) mass is 315 g/mol. The van der Waals surface area contributed by atoms with E-state index in [2.05, 4.69) is 0 Å². The van der Waals surface area contributed by atoms with Gasteiger partial charge < -0.3 is 4.74 Å². The highest BCUT2D eigenvalue weighted by Crippen LogP contribution is 2.21. The molecule has 0 saturated heterocycles. The summed E-state index contributed by atoms with van der Waals surface area (Å²) in [4.78, 5) is 49.0. The first-order chi connectivity index (χ1) is 11.1. The van der Waals surface area contributed by atoms with Gasteiger partial charge in [-0.25, -0.2) is 0 Å². The smallest absolute Gasteiger partial charge is 0.326 e. The summed E-state index contributed by atoms with van der Waals surface area (Å²) in [6, 6.07) is 6.83. The lowest BCUT2D eigenvalue weighted by molar-refractivity contribution is -0.158. The maximum Gasteiger partial charge on any atom is 0.326 e. The molecule has 0 N–H and O–H groups in total. The van der Waals surface area contributed by atoms with Gasteiger partial charge in [0.1, 0.15) is 6.54 Å². The highest BCUT2D eigenvalue weighted by Gasteiger charge is 2.34. The van der Waals surface area contributed by atoms with E-state index in [1.807, 2.05) is 0 Å². The number of hydrogen-bond acceptors (Lipinski definition) is 5. The molecular formula is C17H17NO5. The van der Waals surface area contributed by atoms with Gasteiger partial charge in [0.15, 0.2) is 11.9 Å². The second-order valence-corrected chi connectivity index (χ2v) is 5.81. The number of ketones is 1. The zero-order valence-corrected chi connectivity index (χ0v) is 12.6. The van der Waals surface area contributed by atoms with Gasteiger partial charge in [0.05, 0.1) is 6.42 Å². The van der Waals surface area contributed by atoms with E-state index in [0.29, 0.717) is 24.0 Å². The second-order valence-electron chi connectivity index (χ2n) is 5.81. The van der Waals surface area contributed by atoms with Crippen molar-refractivity contribution in [3.05, 3.63) is 35.4 Å². The predicted octanol–water partition coefficient (Wildman–Crippen LogP) is 1.27. The van der Waals surface area contributed by atoms with Crippen LogP contribution in [0.2, 0.25) is 0 Å². The Labute approximate surface area is 133 Å². The molecule has 1 heterocycles. The van der Waals surface area contributed by atoms with Gasteiger partial charge in [0.25, 0.3) is 5.91 Å². The largest absolute Gasteiger partial charge is 0.453 e. The SMILES string of the molecule is O=C(CN1C(=O)Cc2ccccc2C1=O)O[C@H]1CCCCC1=O. The predicted molar refractivity (Wildman–Crippen MR) is 79.5 cm³/mol. The Balaban J connectivity index is 1.68. The quantitative estimate of drug-likeness (QED) is 0.620. The Morgan fingerprint density at radius 1 is 1.17 bits per heavy atom. The molecule has 2 aliphatic rings. The maximum atomic E-state index is 12.3. The summed E-state index contributed by atoms with van der Waals surface area (Å²) in [5.74, 6) is -1.73. The van der Waals surface area contributed by atoms with Crippen molar-refractivity contribution >= 4 is 23.6 Å². The Hall–Kier alpha value is -2.50. The third-order valence-corrected chi connectivity index (χ3v) is 4.20. The number of hydrogen-bond donors (Lipinski definition) is 0. The first kappa shape index (κ1) is 15.4. The molecule has 0 bridgehead atoms. The van der Waals surface area contributed by atoms with Gasteiger partial charge in [-0.05, 0) is 30.9 Å². The topological polar surface area (TPSA) is 80.8 Å². The molecule has 3 rings (SSSR count). The molecule has 6 heteroatoms. The zero-order chi connectivity index (χ0) is 16.4. The first-order valence-corrected chi connectivity index (χ1v) is 7.71. The molecule has 0 radical (unpaired) electrons. The normalized spacial score (nSPS) is 21.1. The van der Waals surface area contributed by atoms with E-state index in [9.17, 15) is 19.2 Å².